The van der Waals surface area contributed by atoms with E-state index in [0.717, 1.165) is 12.8 Å². The lowest BCUT2D eigenvalue weighted by atomic mass is 9.73. The van der Waals surface area contributed by atoms with E-state index in [-0.39, 0.29) is 18.6 Å². The van der Waals surface area contributed by atoms with Gasteiger partial charge in [-0.1, -0.05) is 13.8 Å². The van der Waals surface area contributed by atoms with Crippen LogP contribution in [-0.4, -0.2) is 42.7 Å². The van der Waals surface area contributed by atoms with E-state index in [1.54, 1.807) is 11.9 Å². The molecule has 1 aliphatic rings. The Balaban J connectivity index is 2.45. The van der Waals surface area contributed by atoms with Crippen LogP contribution < -0.4 is 0 Å². The molecule has 2 nitrogen and oxygen atoms in total. The molecule has 0 aromatic rings. The van der Waals surface area contributed by atoms with Crippen LogP contribution in [-0.2, 0) is 0 Å². The highest BCUT2D eigenvalue weighted by molar-refractivity contribution is 4.84. The molecule has 4 unspecified atom stereocenters. The Morgan fingerprint density at radius 2 is 1.94 bits per heavy atom. The molecular weight excluding hydrogens is 212 g/mol. The van der Waals surface area contributed by atoms with E-state index < -0.39 is 6.43 Å². The minimum atomic E-state index is -2.29. The van der Waals surface area contributed by atoms with Gasteiger partial charge in [0, 0.05) is 12.5 Å². The second-order valence-electron chi connectivity index (χ2n) is 5.40. The normalized spacial score (nSPS) is 36.0. The lowest BCUT2D eigenvalue weighted by molar-refractivity contribution is -0.00674. The second kappa shape index (κ2) is 5.92. The maximum absolute atomic E-state index is 12.2. The van der Waals surface area contributed by atoms with Crippen LogP contribution in [0, 0.1) is 17.8 Å². The summed E-state index contributed by atoms with van der Waals surface area (Å²) in [5.41, 5.74) is 0. The highest BCUT2D eigenvalue weighted by Gasteiger charge is 2.33. The van der Waals surface area contributed by atoms with Gasteiger partial charge in [0.05, 0.1) is 12.6 Å². The van der Waals surface area contributed by atoms with E-state index in [1.807, 2.05) is 0 Å². The van der Waals surface area contributed by atoms with Crippen LogP contribution in [0.25, 0.3) is 0 Å². The zero-order valence-electron chi connectivity index (χ0n) is 10.4. The minimum Gasteiger partial charge on any atom is -0.393 e. The van der Waals surface area contributed by atoms with Gasteiger partial charge in [0.15, 0.2) is 0 Å². The molecule has 0 radical (unpaired) electrons. The van der Waals surface area contributed by atoms with Crippen molar-refractivity contribution >= 4 is 0 Å². The van der Waals surface area contributed by atoms with E-state index >= 15 is 0 Å². The third-order valence-electron chi connectivity index (χ3n) is 3.62. The third kappa shape index (κ3) is 3.98. The van der Waals surface area contributed by atoms with Gasteiger partial charge in [-0.15, -0.1) is 0 Å². The van der Waals surface area contributed by atoms with Gasteiger partial charge in [0.2, 0.25) is 0 Å². The van der Waals surface area contributed by atoms with Crippen LogP contribution in [0.5, 0.6) is 0 Å². The predicted molar refractivity (Wildman–Crippen MR) is 60.6 cm³/mol. The molecule has 0 amide bonds. The standard InChI is InChI=1S/C12H23F2NO/c1-8-4-9(2)10(11(16)5-8)6-15(3)7-12(13)14/h8-12,16H,4-7H2,1-3H3. The summed E-state index contributed by atoms with van der Waals surface area (Å²) in [6.07, 6.45) is -0.735. The van der Waals surface area contributed by atoms with Crippen molar-refractivity contribution in [3.05, 3.63) is 0 Å². The van der Waals surface area contributed by atoms with Crippen molar-refractivity contribution in [3.8, 4) is 0 Å². The fraction of sp³-hybridized carbons (Fsp3) is 1.00. The number of aliphatic hydroxyl groups excluding tert-OH is 1. The van der Waals surface area contributed by atoms with Gasteiger partial charge in [-0.2, -0.15) is 0 Å². The zero-order chi connectivity index (χ0) is 12.3. The maximum Gasteiger partial charge on any atom is 0.251 e. The van der Waals surface area contributed by atoms with Crippen LogP contribution in [0.15, 0.2) is 0 Å². The number of halogens is 2. The summed E-state index contributed by atoms with van der Waals surface area (Å²) < 4.78 is 24.4. The van der Waals surface area contributed by atoms with Gasteiger partial charge in [-0.25, -0.2) is 8.78 Å². The molecule has 0 bridgehead atoms. The first-order valence-electron chi connectivity index (χ1n) is 6.05. The van der Waals surface area contributed by atoms with Gasteiger partial charge in [0.1, 0.15) is 0 Å². The van der Waals surface area contributed by atoms with Crippen LogP contribution >= 0.6 is 0 Å². The number of aliphatic hydroxyl groups is 1. The molecule has 1 aliphatic carbocycles. The number of hydrogen-bond donors (Lipinski definition) is 1. The summed E-state index contributed by atoms with van der Waals surface area (Å²) in [5, 5.41) is 9.98. The molecule has 1 saturated carbocycles. The molecule has 0 aromatic carbocycles. The minimum absolute atomic E-state index is 0.139. The average molecular weight is 235 g/mol. The Kier molecular flexibility index (Phi) is 5.12. The molecule has 96 valence electrons. The van der Waals surface area contributed by atoms with Crippen molar-refractivity contribution in [3.63, 3.8) is 0 Å². The lowest BCUT2D eigenvalue weighted by Gasteiger charge is -2.38. The Morgan fingerprint density at radius 3 is 2.44 bits per heavy atom. The van der Waals surface area contributed by atoms with Crippen molar-refractivity contribution in [2.24, 2.45) is 17.8 Å². The molecule has 4 heteroatoms. The summed E-state index contributed by atoms with van der Waals surface area (Å²) in [6.45, 7) is 4.61. The fourth-order valence-corrected chi connectivity index (χ4v) is 2.84. The van der Waals surface area contributed by atoms with Gasteiger partial charge in [-0.05, 0) is 31.7 Å². The SMILES string of the molecule is CC1CC(C)C(CN(C)CC(F)F)C(O)C1. The molecule has 0 aliphatic heterocycles. The summed E-state index contributed by atoms with van der Waals surface area (Å²) in [6, 6.07) is 0. The van der Waals surface area contributed by atoms with Crippen LogP contribution in [0.3, 0.4) is 0 Å². The molecule has 0 saturated heterocycles. The molecule has 1 rings (SSSR count). The van der Waals surface area contributed by atoms with Crippen LogP contribution in [0.4, 0.5) is 8.78 Å². The summed E-state index contributed by atoms with van der Waals surface area (Å²) in [7, 11) is 1.70. The number of alkyl halides is 2. The van der Waals surface area contributed by atoms with Crippen LogP contribution in [0.1, 0.15) is 26.7 Å². The average Bonchev–Trinajstić information content (AvgIpc) is 2.09. The van der Waals surface area contributed by atoms with Gasteiger partial charge >= 0.3 is 0 Å². The lowest BCUT2D eigenvalue weighted by Crippen LogP contribution is -2.42. The molecule has 1 N–H and O–H groups in total. The van der Waals surface area contributed by atoms with E-state index in [1.165, 1.54) is 0 Å². The van der Waals surface area contributed by atoms with E-state index in [2.05, 4.69) is 13.8 Å². The monoisotopic (exact) mass is 235 g/mol. The van der Waals surface area contributed by atoms with Gasteiger partial charge in [0.25, 0.3) is 6.43 Å². The number of hydrogen-bond acceptors (Lipinski definition) is 2. The van der Waals surface area contributed by atoms with Crippen molar-refractivity contribution in [1.29, 1.82) is 0 Å². The molecular formula is C12H23F2NO. The Morgan fingerprint density at radius 1 is 1.31 bits per heavy atom. The quantitative estimate of drug-likeness (QED) is 0.807. The molecule has 4 atom stereocenters. The largest absolute Gasteiger partial charge is 0.393 e. The third-order valence-corrected chi connectivity index (χ3v) is 3.62. The Labute approximate surface area is 96.6 Å². The maximum atomic E-state index is 12.2. The number of nitrogens with zero attached hydrogens (tertiary/aromatic N) is 1. The summed E-state index contributed by atoms with van der Waals surface area (Å²) in [4.78, 5) is 1.63. The topological polar surface area (TPSA) is 23.5 Å². The van der Waals surface area contributed by atoms with E-state index in [9.17, 15) is 13.9 Å². The summed E-state index contributed by atoms with van der Waals surface area (Å²) >= 11 is 0. The fourth-order valence-electron chi connectivity index (χ4n) is 2.84. The first-order valence-corrected chi connectivity index (χ1v) is 6.05. The zero-order valence-corrected chi connectivity index (χ0v) is 10.4. The first kappa shape index (κ1) is 13.8. The van der Waals surface area contributed by atoms with Crippen molar-refractivity contribution < 1.29 is 13.9 Å². The molecule has 0 spiro atoms. The molecule has 0 aromatic heterocycles. The van der Waals surface area contributed by atoms with E-state index in [4.69, 9.17) is 0 Å². The first-order chi connectivity index (χ1) is 7.40. The highest BCUT2D eigenvalue weighted by atomic mass is 19.3. The molecule has 16 heavy (non-hydrogen) atoms. The smallest absolute Gasteiger partial charge is 0.251 e. The second-order valence-corrected chi connectivity index (χ2v) is 5.40. The van der Waals surface area contributed by atoms with Gasteiger partial charge in [-0.3, -0.25) is 0 Å². The predicted octanol–water partition coefficient (Wildman–Crippen LogP) is 2.23. The summed E-state index contributed by atoms with van der Waals surface area (Å²) in [5.74, 6) is 1.10. The van der Waals surface area contributed by atoms with Crippen molar-refractivity contribution in [1.82, 2.24) is 4.90 Å². The number of rotatable bonds is 4. The van der Waals surface area contributed by atoms with E-state index in [0.29, 0.717) is 18.4 Å². The van der Waals surface area contributed by atoms with Crippen molar-refractivity contribution in [2.45, 2.75) is 39.2 Å². The Bertz CT molecular complexity index is 201. The van der Waals surface area contributed by atoms with Crippen LogP contribution in [0.2, 0.25) is 0 Å². The van der Waals surface area contributed by atoms with Crippen molar-refractivity contribution in [2.75, 3.05) is 20.1 Å². The highest BCUT2D eigenvalue weighted by Crippen LogP contribution is 2.34. The van der Waals surface area contributed by atoms with Gasteiger partial charge < -0.3 is 10.0 Å². The Hall–Kier alpha value is -0.220. The molecule has 0 heterocycles. The molecule has 1 fully saturated rings.